The summed E-state index contributed by atoms with van der Waals surface area (Å²) < 4.78 is 28.8. The van der Waals surface area contributed by atoms with E-state index in [4.69, 9.17) is 11.6 Å². The molecule has 0 saturated carbocycles. The molecule has 1 atom stereocenters. The maximum atomic E-state index is 12.7. The van der Waals surface area contributed by atoms with Gasteiger partial charge in [-0.15, -0.1) is 22.3 Å². The molecule has 152 valence electrons. The standard InChI is InChI=1S/C18H16ClN3O4S3/c1-2-9-22-17(24)14(11-15(23)20-13-7-5-12(19)6-8-13)28-18(22)21-29(25,26)16-4-3-10-27-16/h2-8,10,14H,1,9,11H2,(H,20,23)/b21-18-. The molecule has 1 unspecified atom stereocenters. The fourth-order valence-electron chi connectivity index (χ4n) is 2.48. The van der Waals surface area contributed by atoms with Crippen LogP contribution in [-0.2, 0) is 19.6 Å². The van der Waals surface area contributed by atoms with Crippen LogP contribution in [0.15, 0.2) is 63.0 Å². The molecular formula is C18H16ClN3O4S3. The third kappa shape index (κ3) is 5.27. The van der Waals surface area contributed by atoms with Crippen LogP contribution >= 0.6 is 34.7 Å². The summed E-state index contributed by atoms with van der Waals surface area (Å²) >= 11 is 7.82. The average Bonchev–Trinajstić information content (AvgIpc) is 3.29. The Kier molecular flexibility index (Phi) is 6.78. The second-order valence-corrected chi connectivity index (χ2v) is 10.3. The Morgan fingerprint density at radius 1 is 1.31 bits per heavy atom. The highest BCUT2D eigenvalue weighted by Crippen LogP contribution is 2.32. The lowest BCUT2D eigenvalue weighted by molar-refractivity contribution is -0.127. The molecule has 1 N–H and O–H groups in total. The number of halogens is 1. The molecule has 1 aliphatic rings. The van der Waals surface area contributed by atoms with E-state index >= 15 is 0 Å². The first kappa shape index (κ1) is 21.6. The van der Waals surface area contributed by atoms with Crippen LogP contribution in [0, 0.1) is 0 Å². The number of sulfonamides is 1. The van der Waals surface area contributed by atoms with Crippen LogP contribution in [0.3, 0.4) is 0 Å². The van der Waals surface area contributed by atoms with Crippen LogP contribution in [0.1, 0.15) is 6.42 Å². The van der Waals surface area contributed by atoms with Gasteiger partial charge in [-0.2, -0.15) is 8.42 Å². The number of rotatable bonds is 7. The number of carbonyl (C=O) groups is 2. The molecule has 1 saturated heterocycles. The first-order chi connectivity index (χ1) is 13.8. The molecule has 0 spiro atoms. The lowest BCUT2D eigenvalue weighted by Crippen LogP contribution is -2.33. The predicted molar refractivity (Wildman–Crippen MR) is 117 cm³/mol. The average molecular weight is 470 g/mol. The third-order valence-electron chi connectivity index (χ3n) is 3.78. The van der Waals surface area contributed by atoms with Crippen molar-refractivity contribution in [1.82, 2.24) is 4.90 Å². The van der Waals surface area contributed by atoms with Crippen LogP contribution in [0.4, 0.5) is 5.69 Å². The fraction of sp³-hybridized carbons (Fsp3) is 0.167. The van der Waals surface area contributed by atoms with E-state index in [1.165, 1.54) is 17.0 Å². The van der Waals surface area contributed by atoms with Crippen LogP contribution in [-0.4, -0.2) is 42.1 Å². The summed E-state index contributed by atoms with van der Waals surface area (Å²) in [5, 5.41) is 4.12. The molecule has 1 aromatic carbocycles. The Balaban J connectivity index is 1.76. The second kappa shape index (κ2) is 9.12. The van der Waals surface area contributed by atoms with Gasteiger partial charge in [0.1, 0.15) is 9.46 Å². The summed E-state index contributed by atoms with van der Waals surface area (Å²) in [7, 11) is -3.94. The molecule has 11 heteroatoms. The van der Waals surface area contributed by atoms with Gasteiger partial charge in [-0.1, -0.05) is 35.5 Å². The van der Waals surface area contributed by atoms with Crippen molar-refractivity contribution in [3.8, 4) is 0 Å². The summed E-state index contributed by atoms with van der Waals surface area (Å²) in [5.41, 5.74) is 0.548. The maximum absolute atomic E-state index is 12.7. The molecule has 7 nitrogen and oxygen atoms in total. The van der Waals surface area contributed by atoms with Gasteiger partial charge < -0.3 is 5.32 Å². The lowest BCUT2D eigenvalue weighted by atomic mass is 10.2. The molecule has 2 aromatic rings. The molecule has 1 aliphatic heterocycles. The van der Waals surface area contributed by atoms with Crippen LogP contribution in [0.5, 0.6) is 0 Å². The highest BCUT2D eigenvalue weighted by Gasteiger charge is 2.39. The van der Waals surface area contributed by atoms with E-state index in [1.807, 2.05) is 0 Å². The summed E-state index contributed by atoms with van der Waals surface area (Å²) in [6.07, 6.45) is 1.35. The van der Waals surface area contributed by atoms with Crippen LogP contribution in [0.2, 0.25) is 5.02 Å². The Labute approximate surface area is 181 Å². The largest absolute Gasteiger partial charge is 0.326 e. The molecule has 0 radical (unpaired) electrons. The molecule has 2 amide bonds. The number of benzene rings is 1. The van der Waals surface area contributed by atoms with Crippen LogP contribution in [0.25, 0.3) is 0 Å². The minimum absolute atomic E-state index is 0.0348. The normalized spacial score (nSPS) is 18.2. The monoisotopic (exact) mass is 469 g/mol. The van der Waals surface area contributed by atoms with Gasteiger partial charge in [0.2, 0.25) is 11.8 Å². The molecule has 1 aromatic heterocycles. The zero-order chi connectivity index (χ0) is 21.0. The van der Waals surface area contributed by atoms with Crippen molar-refractivity contribution in [2.24, 2.45) is 4.40 Å². The van der Waals surface area contributed by atoms with E-state index in [9.17, 15) is 18.0 Å². The first-order valence-corrected chi connectivity index (χ1v) is 11.9. The van der Waals surface area contributed by atoms with Crippen molar-refractivity contribution in [3.63, 3.8) is 0 Å². The highest BCUT2D eigenvalue weighted by molar-refractivity contribution is 8.16. The number of hydrogen-bond donors (Lipinski definition) is 1. The number of amides is 2. The van der Waals surface area contributed by atoms with Crippen LogP contribution < -0.4 is 5.32 Å². The zero-order valence-electron chi connectivity index (χ0n) is 14.9. The maximum Gasteiger partial charge on any atom is 0.294 e. The van der Waals surface area contributed by atoms with E-state index in [2.05, 4.69) is 16.3 Å². The van der Waals surface area contributed by atoms with Gasteiger partial charge in [0, 0.05) is 23.7 Å². The topological polar surface area (TPSA) is 95.9 Å². The molecule has 0 bridgehead atoms. The van der Waals surface area contributed by atoms with Crippen molar-refractivity contribution < 1.29 is 18.0 Å². The number of nitrogens with zero attached hydrogens (tertiary/aromatic N) is 2. The minimum Gasteiger partial charge on any atom is -0.326 e. The van der Waals surface area contributed by atoms with E-state index in [1.54, 1.807) is 35.7 Å². The third-order valence-corrected chi connectivity index (χ3v) is 7.96. The van der Waals surface area contributed by atoms with Crippen molar-refractivity contribution in [2.45, 2.75) is 15.9 Å². The van der Waals surface area contributed by atoms with Gasteiger partial charge in [-0.3, -0.25) is 14.5 Å². The number of nitrogens with one attached hydrogen (secondary N) is 1. The van der Waals surface area contributed by atoms with Gasteiger partial charge in [0.25, 0.3) is 10.0 Å². The quantitative estimate of drug-likeness (QED) is 0.625. The molecule has 0 aliphatic carbocycles. The van der Waals surface area contributed by atoms with Crippen molar-refractivity contribution in [2.75, 3.05) is 11.9 Å². The summed E-state index contributed by atoms with van der Waals surface area (Å²) in [5.74, 6) is -0.764. The van der Waals surface area contributed by atoms with E-state index in [-0.39, 0.29) is 34.2 Å². The number of carbonyl (C=O) groups excluding carboxylic acids is 2. The number of amidine groups is 1. The van der Waals surface area contributed by atoms with Gasteiger partial charge in [0.05, 0.1) is 0 Å². The number of thioether (sulfide) groups is 1. The lowest BCUT2D eigenvalue weighted by Gasteiger charge is -2.13. The Morgan fingerprint density at radius 3 is 2.66 bits per heavy atom. The minimum atomic E-state index is -3.94. The number of anilines is 1. The molecule has 3 rings (SSSR count). The van der Waals surface area contributed by atoms with Crippen molar-refractivity contribution in [3.05, 3.63) is 59.5 Å². The summed E-state index contributed by atoms with van der Waals surface area (Å²) in [6.45, 7) is 3.69. The van der Waals surface area contributed by atoms with Gasteiger partial charge >= 0.3 is 0 Å². The number of thiophene rings is 1. The Hall–Kier alpha value is -2.14. The van der Waals surface area contributed by atoms with Gasteiger partial charge in [0.15, 0.2) is 5.17 Å². The Morgan fingerprint density at radius 2 is 2.03 bits per heavy atom. The van der Waals surface area contributed by atoms with E-state index in [0.29, 0.717) is 10.7 Å². The Bertz CT molecular complexity index is 1050. The predicted octanol–water partition coefficient (Wildman–Crippen LogP) is 3.61. The smallest absolute Gasteiger partial charge is 0.294 e. The van der Waals surface area contributed by atoms with Gasteiger partial charge in [-0.25, -0.2) is 0 Å². The second-order valence-electron chi connectivity index (χ2n) is 5.88. The van der Waals surface area contributed by atoms with E-state index in [0.717, 1.165) is 23.1 Å². The van der Waals surface area contributed by atoms with E-state index < -0.39 is 15.3 Å². The van der Waals surface area contributed by atoms with Crippen molar-refractivity contribution >= 4 is 67.4 Å². The summed E-state index contributed by atoms with van der Waals surface area (Å²) in [4.78, 5) is 26.3. The SMILES string of the molecule is C=CCN1C(=O)C(CC(=O)Nc2ccc(Cl)cc2)S/C1=N\S(=O)(=O)c1cccs1. The molecule has 2 heterocycles. The molecule has 1 fully saturated rings. The summed E-state index contributed by atoms with van der Waals surface area (Å²) in [6, 6.07) is 9.62. The highest BCUT2D eigenvalue weighted by atomic mass is 35.5. The molecule has 29 heavy (non-hydrogen) atoms. The van der Waals surface area contributed by atoms with Gasteiger partial charge in [-0.05, 0) is 35.7 Å². The molecular weight excluding hydrogens is 454 g/mol. The number of hydrogen-bond acceptors (Lipinski definition) is 6. The zero-order valence-corrected chi connectivity index (χ0v) is 18.2. The first-order valence-electron chi connectivity index (χ1n) is 8.33. The van der Waals surface area contributed by atoms with Crippen molar-refractivity contribution in [1.29, 1.82) is 0 Å². The fourth-order valence-corrected chi connectivity index (χ4v) is 5.94.